The van der Waals surface area contributed by atoms with Gasteiger partial charge in [-0.1, -0.05) is 0 Å². The third-order valence-electron chi connectivity index (χ3n) is 1.95. The predicted molar refractivity (Wildman–Crippen MR) is 48.4 cm³/mol. The number of hydrogen-bond donors (Lipinski definition) is 0. The van der Waals surface area contributed by atoms with Gasteiger partial charge in [0.05, 0.1) is 25.8 Å². The fourth-order valence-electron chi connectivity index (χ4n) is 1.31. The zero-order valence-corrected chi connectivity index (χ0v) is 8.23. The fraction of sp³-hybridized carbons (Fsp3) is 0.778. The van der Waals surface area contributed by atoms with Crippen molar-refractivity contribution in [2.24, 2.45) is 0 Å². The van der Waals surface area contributed by atoms with Crippen LogP contribution in [0.4, 0.5) is 0 Å². The fourth-order valence-corrected chi connectivity index (χ4v) is 1.31. The average molecular weight is 198 g/mol. The number of rotatable bonds is 3. The van der Waals surface area contributed by atoms with Gasteiger partial charge in [-0.2, -0.15) is 5.26 Å². The second-order valence-electron chi connectivity index (χ2n) is 3.03. The van der Waals surface area contributed by atoms with Gasteiger partial charge in [-0.3, -0.25) is 9.69 Å². The predicted octanol–water partition coefficient (Wildman–Crippen LogP) is -0.226. The van der Waals surface area contributed by atoms with E-state index < -0.39 is 6.10 Å². The maximum absolute atomic E-state index is 11.1. The van der Waals surface area contributed by atoms with Crippen LogP contribution in [0.1, 0.15) is 6.92 Å². The van der Waals surface area contributed by atoms with Crippen molar-refractivity contribution in [3.63, 3.8) is 0 Å². The largest absolute Gasteiger partial charge is 0.465 e. The van der Waals surface area contributed by atoms with Crippen LogP contribution in [0, 0.1) is 11.3 Å². The summed E-state index contributed by atoms with van der Waals surface area (Å²) < 4.78 is 9.95. The van der Waals surface area contributed by atoms with E-state index in [9.17, 15) is 4.79 Å². The smallest absolute Gasteiger partial charge is 0.320 e. The summed E-state index contributed by atoms with van der Waals surface area (Å²) in [6, 6.07) is 2.02. The van der Waals surface area contributed by atoms with Crippen molar-refractivity contribution in [1.82, 2.24) is 4.90 Å². The standard InChI is InChI=1S/C9H14N2O3/c1-2-13-9(12)7-11-3-4-14-8(5-10)6-11/h8H,2-4,6-7H2,1H3. The lowest BCUT2D eigenvalue weighted by molar-refractivity contribution is -0.145. The molecule has 1 saturated heterocycles. The Balaban J connectivity index is 2.31. The Bertz CT molecular complexity index is 237. The lowest BCUT2D eigenvalue weighted by Crippen LogP contribution is -2.44. The summed E-state index contributed by atoms with van der Waals surface area (Å²) >= 11 is 0. The first-order chi connectivity index (χ1) is 6.76. The average Bonchev–Trinajstić information content (AvgIpc) is 2.18. The van der Waals surface area contributed by atoms with Crippen LogP contribution in [0.5, 0.6) is 0 Å². The van der Waals surface area contributed by atoms with Crippen molar-refractivity contribution < 1.29 is 14.3 Å². The minimum absolute atomic E-state index is 0.244. The van der Waals surface area contributed by atoms with Crippen LogP contribution >= 0.6 is 0 Å². The third-order valence-corrected chi connectivity index (χ3v) is 1.95. The van der Waals surface area contributed by atoms with Gasteiger partial charge < -0.3 is 9.47 Å². The van der Waals surface area contributed by atoms with Gasteiger partial charge in [-0.25, -0.2) is 0 Å². The van der Waals surface area contributed by atoms with Crippen molar-refractivity contribution in [3.8, 4) is 6.07 Å². The van der Waals surface area contributed by atoms with Crippen molar-refractivity contribution in [2.45, 2.75) is 13.0 Å². The maximum Gasteiger partial charge on any atom is 0.320 e. The second kappa shape index (κ2) is 5.58. The highest BCUT2D eigenvalue weighted by atomic mass is 16.5. The topological polar surface area (TPSA) is 62.6 Å². The summed E-state index contributed by atoms with van der Waals surface area (Å²) in [5, 5.41) is 8.63. The first-order valence-corrected chi connectivity index (χ1v) is 4.65. The molecule has 1 fully saturated rings. The van der Waals surface area contributed by atoms with Gasteiger partial charge in [-0.15, -0.1) is 0 Å². The number of esters is 1. The Morgan fingerprint density at radius 3 is 3.21 bits per heavy atom. The van der Waals surface area contributed by atoms with E-state index in [-0.39, 0.29) is 12.5 Å². The molecule has 0 bridgehead atoms. The van der Waals surface area contributed by atoms with E-state index in [2.05, 4.69) is 0 Å². The molecular weight excluding hydrogens is 184 g/mol. The molecule has 0 spiro atoms. The van der Waals surface area contributed by atoms with E-state index in [1.165, 1.54) is 0 Å². The monoisotopic (exact) mass is 198 g/mol. The van der Waals surface area contributed by atoms with E-state index in [4.69, 9.17) is 14.7 Å². The molecule has 1 aliphatic rings. The van der Waals surface area contributed by atoms with E-state index in [1.54, 1.807) is 6.92 Å². The summed E-state index contributed by atoms with van der Waals surface area (Å²) in [5.41, 5.74) is 0. The Labute approximate surface area is 83.2 Å². The first kappa shape index (κ1) is 11.0. The maximum atomic E-state index is 11.1. The molecule has 1 unspecified atom stereocenters. The van der Waals surface area contributed by atoms with Crippen LogP contribution < -0.4 is 0 Å². The van der Waals surface area contributed by atoms with Crippen LogP contribution in [-0.4, -0.2) is 49.8 Å². The molecular formula is C9H14N2O3. The van der Waals surface area contributed by atoms with Crippen LogP contribution in [0.25, 0.3) is 0 Å². The summed E-state index contributed by atoms with van der Waals surface area (Å²) in [5.74, 6) is -0.244. The van der Waals surface area contributed by atoms with Crippen LogP contribution in [0.3, 0.4) is 0 Å². The molecule has 1 aliphatic heterocycles. The third kappa shape index (κ3) is 3.32. The highest BCUT2D eigenvalue weighted by molar-refractivity contribution is 5.71. The SMILES string of the molecule is CCOC(=O)CN1CCOC(C#N)C1. The number of nitriles is 1. The van der Waals surface area contributed by atoms with Gasteiger partial charge in [0.25, 0.3) is 0 Å². The molecule has 0 aliphatic carbocycles. The molecule has 0 radical (unpaired) electrons. The molecule has 5 heteroatoms. The number of hydrogen-bond acceptors (Lipinski definition) is 5. The zero-order chi connectivity index (χ0) is 10.4. The van der Waals surface area contributed by atoms with Crippen molar-refractivity contribution >= 4 is 5.97 Å². The highest BCUT2D eigenvalue weighted by Gasteiger charge is 2.21. The van der Waals surface area contributed by atoms with Gasteiger partial charge in [0.15, 0.2) is 6.10 Å². The van der Waals surface area contributed by atoms with Crippen LogP contribution in [0.2, 0.25) is 0 Å². The highest BCUT2D eigenvalue weighted by Crippen LogP contribution is 2.03. The van der Waals surface area contributed by atoms with E-state index in [0.717, 1.165) is 0 Å². The van der Waals surface area contributed by atoms with Crippen molar-refractivity contribution in [2.75, 3.05) is 32.8 Å². The van der Waals surface area contributed by atoms with Crippen LogP contribution in [0.15, 0.2) is 0 Å². The van der Waals surface area contributed by atoms with Crippen molar-refractivity contribution in [1.29, 1.82) is 5.26 Å². The molecule has 0 aromatic carbocycles. The number of carbonyl (C=O) groups excluding carboxylic acids is 1. The summed E-state index contributed by atoms with van der Waals surface area (Å²) in [6.45, 7) is 4.07. The first-order valence-electron chi connectivity index (χ1n) is 4.65. The van der Waals surface area contributed by atoms with E-state index in [0.29, 0.717) is 26.3 Å². The Hall–Kier alpha value is -1.12. The summed E-state index contributed by atoms with van der Waals surface area (Å²) in [4.78, 5) is 13.0. The summed E-state index contributed by atoms with van der Waals surface area (Å²) in [6.07, 6.45) is -0.418. The van der Waals surface area contributed by atoms with Gasteiger partial charge in [-0.05, 0) is 6.92 Å². The number of morpholine rings is 1. The van der Waals surface area contributed by atoms with Gasteiger partial charge in [0.2, 0.25) is 0 Å². The molecule has 0 aromatic rings. The molecule has 1 heterocycles. The number of ether oxygens (including phenoxy) is 2. The Morgan fingerprint density at radius 1 is 1.79 bits per heavy atom. The quantitative estimate of drug-likeness (QED) is 0.586. The molecule has 5 nitrogen and oxygen atoms in total. The minimum atomic E-state index is -0.418. The molecule has 0 saturated carbocycles. The molecule has 1 atom stereocenters. The van der Waals surface area contributed by atoms with E-state index in [1.807, 2.05) is 11.0 Å². The molecule has 0 N–H and O–H groups in total. The lowest BCUT2D eigenvalue weighted by atomic mass is 10.3. The van der Waals surface area contributed by atoms with Gasteiger partial charge in [0, 0.05) is 13.1 Å². The number of nitrogens with zero attached hydrogens (tertiary/aromatic N) is 2. The minimum Gasteiger partial charge on any atom is -0.465 e. The summed E-state index contributed by atoms with van der Waals surface area (Å²) in [7, 11) is 0. The molecule has 0 aromatic heterocycles. The number of carbonyl (C=O) groups is 1. The molecule has 78 valence electrons. The van der Waals surface area contributed by atoms with Crippen LogP contribution in [-0.2, 0) is 14.3 Å². The normalized spacial score (nSPS) is 22.7. The van der Waals surface area contributed by atoms with Gasteiger partial charge in [0.1, 0.15) is 0 Å². The van der Waals surface area contributed by atoms with E-state index >= 15 is 0 Å². The molecule has 0 amide bonds. The lowest BCUT2D eigenvalue weighted by Gasteiger charge is -2.28. The van der Waals surface area contributed by atoms with Gasteiger partial charge >= 0.3 is 5.97 Å². The second-order valence-corrected chi connectivity index (χ2v) is 3.03. The van der Waals surface area contributed by atoms with Crippen molar-refractivity contribution in [3.05, 3.63) is 0 Å². The molecule has 14 heavy (non-hydrogen) atoms. The Morgan fingerprint density at radius 2 is 2.57 bits per heavy atom. The zero-order valence-electron chi connectivity index (χ0n) is 8.23. The Kier molecular flexibility index (Phi) is 4.36. The molecule has 1 rings (SSSR count).